The summed E-state index contributed by atoms with van der Waals surface area (Å²) in [5.41, 5.74) is 2.46. The Morgan fingerprint density at radius 2 is 1.67 bits per heavy atom. The lowest BCUT2D eigenvalue weighted by molar-refractivity contribution is 0.288. The topological polar surface area (TPSA) is 0 Å². The highest BCUT2D eigenvalue weighted by Crippen LogP contribution is 2.39. The van der Waals surface area contributed by atoms with E-state index in [-0.39, 0.29) is 23.1 Å². The molecular weight excluding hydrogens is 338 g/mol. The molecule has 0 bridgehead atoms. The van der Waals surface area contributed by atoms with Crippen LogP contribution in [0.2, 0.25) is 0 Å². The fraction of sp³-hybridized carbons (Fsp3) is 0.600. The summed E-state index contributed by atoms with van der Waals surface area (Å²) in [6.45, 7) is 4.32. The molecule has 0 aromatic heterocycles. The number of rotatable bonds is 7. The minimum Gasteiger partial charge on any atom is -0.207 e. The lowest BCUT2D eigenvalue weighted by Crippen LogP contribution is -2.16. The van der Waals surface area contributed by atoms with Gasteiger partial charge in [-0.25, -0.2) is 8.78 Å². The van der Waals surface area contributed by atoms with Crippen LogP contribution in [0.4, 0.5) is 8.78 Å². The second kappa shape index (κ2) is 9.66. The molecule has 27 heavy (non-hydrogen) atoms. The van der Waals surface area contributed by atoms with E-state index in [9.17, 15) is 8.78 Å². The highest BCUT2D eigenvalue weighted by Gasteiger charge is 2.24. The Morgan fingerprint density at radius 1 is 0.963 bits per heavy atom. The lowest BCUT2D eigenvalue weighted by atomic mass is 9.75. The van der Waals surface area contributed by atoms with E-state index in [1.807, 2.05) is 6.92 Å². The van der Waals surface area contributed by atoms with Crippen molar-refractivity contribution in [2.24, 2.45) is 11.8 Å². The predicted molar refractivity (Wildman–Crippen MR) is 110 cm³/mol. The second-order valence-electron chi connectivity index (χ2n) is 8.48. The lowest BCUT2D eigenvalue weighted by Gasteiger charge is -2.30. The molecule has 3 rings (SSSR count). The minimum atomic E-state index is -0.379. The molecule has 1 fully saturated rings. The van der Waals surface area contributed by atoms with Crippen LogP contribution in [0.25, 0.3) is 0 Å². The van der Waals surface area contributed by atoms with Gasteiger partial charge < -0.3 is 0 Å². The molecule has 1 unspecified atom stereocenters. The van der Waals surface area contributed by atoms with Crippen LogP contribution in [-0.2, 0) is 6.42 Å². The zero-order chi connectivity index (χ0) is 19.2. The molecule has 1 aromatic carbocycles. The van der Waals surface area contributed by atoms with Crippen molar-refractivity contribution < 1.29 is 8.78 Å². The number of halogens is 2. The Hall–Kier alpha value is -1.44. The van der Waals surface area contributed by atoms with E-state index < -0.39 is 0 Å². The highest BCUT2D eigenvalue weighted by molar-refractivity contribution is 5.36. The fourth-order valence-corrected chi connectivity index (χ4v) is 4.81. The Balaban J connectivity index is 1.61. The van der Waals surface area contributed by atoms with Gasteiger partial charge in [0.15, 0.2) is 0 Å². The third kappa shape index (κ3) is 5.09. The van der Waals surface area contributed by atoms with Gasteiger partial charge in [0.2, 0.25) is 0 Å². The van der Waals surface area contributed by atoms with Crippen molar-refractivity contribution in [3.63, 3.8) is 0 Å². The van der Waals surface area contributed by atoms with Gasteiger partial charge in [0.25, 0.3) is 0 Å². The summed E-state index contributed by atoms with van der Waals surface area (Å²) < 4.78 is 28.8. The van der Waals surface area contributed by atoms with Crippen molar-refractivity contribution >= 4 is 0 Å². The summed E-state index contributed by atoms with van der Waals surface area (Å²) in [6, 6.07) is 3.11. The van der Waals surface area contributed by atoms with Crippen LogP contribution in [0, 0.1) is 23.5 Å². The molecule has 0 N–H and O–H groups in total. The van der Waals surface area contributed by atoms with Crippen LogP contribution in [-0.4, -0.2) is 0 Å². The average Bonchev–Trinajstić information content (AvgIpc) is 2.68. The maximum absolute atomic E-state index is 14.4. The summed E-state index contributed by atoms with van der Waals surface area (Å²) in [7, 11) is 0. The molecule has 0 aliphatic heterocycles. The van der Waals surface area contributed by atoms with Gasteiger partial charge in [0.05, 0.1) is 0 Å². The SMILES string of the molecule is CCCCc1c(F)cc(C2C=CC([C@H]3CC[C@H](CCC)CC3)=CC2)cc1F. The molecule has 0 saturated heterocycles. The molecule has 0 nitrogen and oxygen atoms in total. The predicted octanol–water partition coefficient (Wildman–Crippen LogP) is 7.88. The first-order valence-corrected chi connectivity index (χ1v) is 11.0. The van der Waals surface area contributed by atoms with Crippen LogP contribution in [0.5, 0.6) is 0 Å². The average molecular weight is 373 g/mol. The van der Waals surface area contributed by atoms with Crippen molar-refractivity contribution in [1.82, 2.24) is 0 Å². The molecule has 1 atom stereocenters. The largest absolute Gasteiger partial charge is 0.207 e. The van der Waals surface area contributed by atoms with E-state index in [2.05, 4.69) is 25.2 Å². The molecule has 148 valence electrons. The van der Waals surface area contributed by atoms with Gasteiger partial charge >= 0.3 is 0 Å². The van der Waals surface area contributed by atoms with Gasteiger partial charge in [0.1, 0.15) is 11.6 Å². The second-order valence-corrected chi connectivity index (χ2v) is 8.48. The molecule has 0 amide bonds. The molecule has 0 radical (unpaired) electrons. The number of hydrogen-bond acceptors (Lipinski definition) is 0. The standard InChI is InChI=1S/C25H34F2/c1-3-5-7-23-24(26)16-22(17-25(23)27)21-14-12-20(13-15-21)19-10-8-18(6-4-2)9-11-19/h12-14,16-19,21H,3-11,15H2,1-2H3/t18-,19-,21?. The van der Waals surface area contributed by atoms with Gasteiger partial charge in [0, 0.05) is 11.5 Å². The van der Waals surface area contributed by atoms with Crippen molar-refractivity contribution in [2.45, 2.75) is 84.0 Å². The fourth-order valence-electron chi connectivity index (χ4n) is 4.81. The summed E-state index contributed by atoms with van der Waals surface area (Å²) in [5.74, 6) is 0.936. The maximum Gasteiger partial charge on any atom is 0.129 e. The van der Waals surface area contributed by atoms with Crippen molar-refractivity contribution in [3.8, 4) is 0 Å². The molecule has 2 heteroatoms. The monoisotopic (exact) mass is 372 g/mol. The zero-order valence-electron chi connectivity index (χ0n) is 16.9. The first kappa shape index (κ1) is 20.3. The first-order valence-electron chi connectivity index (χ1n) is 11.0. The quantitative estimate of drug-likeness (QED) is 0.456. The summed E-state index contributed by atoms with van der Waals surface area (Å²) >= 11 is 0. The van der Waals surface area contributed by atoms with E-state index in [4.69, 9.17) is 0 Å². The third-order valence-corrected chi connectivity index (χ3v) is 6.52. The molecule has 0 spiro atoms. The van der Waals surface area contributed by atoms with Gasteiger partial charge in [-0.2, -0.15) is 0 Å². The summed E-state index contributed by atoms with van der Waals surface area (Å²) in [4.78, 5) is 0. The van der Waals surface area contributed by atoms with Crippen LogP contribution in [0.15, 0.2) is 35.9 Å². The Bertz CT molecular complexity index is 655. The van der Waals surface area contributed by atoms with Gasteiger partial charge in [-0.15, -0.1) is 0 Å². The summed E-state index contributed by atoms with van der Waals surface area (Å²) in [6.07, 6.45) is 17.8. The number of benzene rings is 1. The van der Waals surface area contributed by atoms with Crippen LogP contribution < -0.4 is 0 Å². The van der Waals surface area contributed by atoms with Gasteiger partial charge in [-0.05, 0) is 80.1 Å². The molecule has 2 aliphatic carbocycles. The van der Waals surface area contributed by atoms with Crippen molar-refractivity contribution in [2.75, 3.05) is 0 Å². The third-order valence-electron chi connectivity index (χ3n) is 6.52. The Morgan fingerprint density at radius 3 is 2.22 bits per heavy atom. The van der Waals surface area contributed by atoms with Gasteiger partial charge in [-0.1, -0.05) is 51.3 Å². The molecule has 1 saturated carbocycles. The highest BCUT2D eigenvalue weighted by atomic mass is 19.1. The molecule has 0 heterocycles. The number of unbranched alkanes of at least 4 members (excludes halogenated alkanes) is 1. The minimum absolute atomic E-state index is 0.0920. The van der Waals surface area contributed by atoms with Crippen LogP contribution >= 0.6 is 0 Å². The van der Waals surface area contributed by atoms with E-state index in [1.54, 1.807) is 12.1 Å². The summed E-state index contributed by atoms with van der Waals surface area (Å²) in [5, 5.41) is 0. The van der Waals surface area contributed by atoms with E-state index in [0.717, 1.165) is 30.7 Å². The molecular formula is C25H34F2. The molecule has 1 aromatic rings. The maximum atomic E-state index is 14.4. The number of allylic oxidation sites excluding steroid dienone is 4. The van der Waals surface area contributed by atoms with Crippen molar-refractivity contribution in [1.29, 1.82) is 0 Å². The number of hydrogen-bond donors (Lipinski definition) is 0. The van der Waals surface area contributed by atoms with E-state index in [0.29, 0.717) is 12.3 Å². The normalized spacial score (nSPS) is 25.5. The van der Waals surface area contributed by atoms with Gasteiger partial charge in [-0.3, -0.25) is 0 Å². The Kier molecular flexibility index (Phi) is 7.26. The smallest absolute Gasteiger partial charge is 0.129 e. The first-order chi connectivity index (χ1) is 13.1. The van der Waals surface area contributed by atoms with Crippen LogP contribution in [0.3, 0.4) is 0 Å². The van der Waals surface area contributed by atoms with Crippen LogP contribution in [0.1, 0.15) is 88.7 Å². The van der Waals surface area contributed by atoms with Crippen molar-refractivity contribution in [3.05, 3.63) is 58.7 Å². The van der Waals surface area contributed by atoms with E-state index in [1.165, 1.54) is 44.1 Å². The molecule has 2 aliphatic rings. The Labute approximate surface area is 163 Å². The van der Waals surface area contributed by atoms with E-state index >= 15 is 0 Å². The zero-order valence-corrected chi connectivity index (χ0v) is 16.9.